The van der Waals surface area contributed by atoms with Gasteiger partial charge in [0.05, 0.1) is 0 Å². The first-order chi connectivity index (χ1) is 9.82. The van der Waals surface area contributed by atoms with Gasteiger partial charge in [-0.2, -0.15) is 9.90 Å². The molecule has 0 heterocycles. The summed E-state index contributed by atoms with van der Waals surface area (Å²) in [7, 11) is 7.29. The number of hydrogen-bond acceptors (Lipinski definition) is 0. The third kappa shape index (κ3) is 3.31. The van der Waals surface area contributed by atoms with Gasteiger partial charge in [-0.3, -0.25) is 0 Å². The summed E-state index contributed by atoms with van der Waals surface area (Å²) in [5.41, 5.74) is 0. The van der Waals surface area contributed by atoms with Gasteiger partial charge in [-0.15, -0.1) is 0 Å². The first-order valence-corrected chi connectivity index (χ1v) is 12.2. The molecule has 3 aromatic carbocycles. The van der Waals surface area contributed by atoms with E-state index >= 15 is 0 Å². The van der Waals surface area contributed by atoms with Crippen LogP contribution in [0, 0.1) is 0 Å². The van der Waals surface area contributed by atoms with Gasteiger partial charge < -0.3 is 0 Å². The molecule has 3 rings (SSSR count). The summed E-state index contributed by atoms with van der Waals surface area (Å²) in [6.45, 7) is 0. The van der Waals surface area contributed by atoms with Gasteiger partial charge in [0.1, 0.15) is 0 Å². The number of halogens is 1. The molecule has 3 heteroatoms. The van der Waals surface area contributed by atoms with Gasteiger partial charge in [-0.25, -0.2) is 0 Å². The zero-order valence-electron chi connectivity index (χ0n) is 11.5. The molecule has 0 saturated carbocycles. The summed E-state index contributed by atoms with van der Waals surface area (Å²) >= 11 is -2.84. The summed E-state index contributed by atoms with van der Waals surface area (Å²) in [4.78, 5) is 0. The molecule has 0 fully saturated rings. The van der Waals surface area contributed by atoms with Crippen LogP contribution < -0.4 is 11.3 Å². The molecule has 1 atom stereocenters. The van der Waals surface area contributed by atoms with Crippen LogP contribution in [0.3, 0.4) is 0 Å². The van der Waals surface area contributed by atoms with Crippen LogP contribution in [0.5, 0.6) is 0 Å². The van der Waals surface area contributed by atoms with Crippen molar-refractivity contribution in [2.75, 3.05) is 0 Å². The normalized spacial score (nSPS) is 11.5. The summed E-state index contributed by atoms with van der Waals surface area (Å²) < 4.78 is 3.77. The van der Waals surface area contributed by atoms with Crippen molar-refractivity contribution in [1.29, 1.82) is 0 Å². The number of benzene rings is 3. The number of rotatable bonds is 3. The molecule has 21 heavy (non-hydrogen) atoms. The van der Waals surface area contributed by atoms with Crippen molar-refractivity contribution in [3.63, 3.8) is 0 Å². The molecule has 0 aromatic heterocycles. The zero-order valence-corrected chi connectivity index (χ0v) is 15.9. The molecule has 0 aliphatic rings. The Labute approximate surface area is 137 Å². The second kappa shape index (κ2) is 7.40. The van der Waals surface area contributed by atoms with Crippen LogP contribution in [0.15, 0.2) is 91.0 Å². The molecule has 113 valence electrons. The van der Waals surface area contributed by atoms with Crippen LogP contribution in [-0.2, 0) is 16.0 Å². The van der Waals surface area contributed by atoms with Crippen molar-refractivity contribution in [3.8, 4) is 0 Å². The second-order valence-electron chi connectivity index (χ2n) is 4.15. The molecular formula is C18H18AuClP. The minimum absolute atomic E-state index is 0. The van der Waals surface area contributed by atoms with E-state index in [1.165, 1.54) is 11.3 Å². The van der Waals surface area contributed by atoms with Gasteiger partial charge in [-0.1, -0.05) is 0 Å². The fourth-order valence-corrected chi connectivity index (χ4v) is 10.2. The molecule has 0 spiro atoms. The monoisotopic (exact) mass is 497 g/mol. The fraction of sp³-hybridized carbons (Fsp3) is 0. The third-order valence-corrected chi connectivity index (χ3v) is 13.4. The molecule has 0 N–H and O–H groups in total. The van der Waals surface area contributed by atoms with E-state index in [0.29, 0.717) is 0 Å². The maximum absolute atomic E-state index is 7.29. The Morgan fingerprint density at radius 2 is 0.714 bits per heavy atom. The van der Waals surface area contributed by atoms with Crippen LogP contribution in [0.1, 0.15) is 0 Å². The third-order valence-electron chi connectivity index (χ3n) is 2.84. The topological polar surface area (TPSA) is 0 Å². The van der Waals surface area contributed by atoms with Crippen LogP contribution >= 0.6 is 19.1 Å². The average molecular weight is 498 g/mol. The van der Waals surface area contributed by atoms with Crippen LogP contribution in [0.4, 0.5) is 0 Å². The van der Waals surface area contributed by atoms with Crippen LogP contribution in [-0.4, -0.2) is 0 Å². The van der Waals surface area contributed by atoms with Crippen molar-refractivity contribution >= 4 is 30.4 Å². The van der Waals surface area contributed by atoms with Gasteiger partial charge in [-0.05, 0) is 0 Å². The first kappa shape index (κ1) is 16.5. The summed E-state index contributed by atoms with van der Waals surface area (Å²) in [6.07, 6.45) is 0. The molecule has 0 amide bonds. The average Bonchev–Trinajstić information content (AvgIpc) is 2.56. The Morgan fingerprint density at radius 1 is 0.476 bits per heavy atom. The predicted molar refractivity (Wildman–Crippen MR) is 95.2 cm³/mol. The first-order valence-electron chi connectivity index (χ1n) is 6.30. The summed E-state index contributed by atoms with van der Waals surface area (Å²) in [6, 6.07) is 31.5. The summed E-state index contributed by atoms with van der Waals surface area (Å²) in [5.74, 6) is 0. The van der Waals surface area contributed by atoms with Gasteiger partial charge in [0.15, 0.2) is 0 Å². The second-order valence-corrected chi connectivity index (χ2v) is 13.6. The molecule has 0 aliphatic heterocycles. The zero-order chi connectivity index (χ0) is 13.8. The van der Waals surface area contributed by atoms with Gasteiger partial charge in [0.25, 0.3) is 0 Å². The van der Waals surface area contributed by atoms with E-state index in [2.05, 4.69) is 72.8 Å². The van der Waals surface area contributed by atoms with E-state index in [1.807, 2.05) is 18.2 Å². The Hall–Kier alpha value is -0.880. The van der Waals surface area contributed by atoms with E-state index < -0.39 is 16.0 Å². The van der Waals surface area contributed by atoms with E-state index in [4.69, 9.17) is 9.19 Å². The molecular weight excluding hydrogens is 480 g/mol. The van der Waals surface area contributed by atoms with E-state index in [1.54, 1.807) is 0 Å². The van der Waals surface area contributed by atoms with E-state index in [9.17, 15) is 0 Å². The SMILES string of the molecule is P.[Cl][Au]([c]1ccccc1)([c]1ccccc1)[c]1ccccc1. The molecule has 0 aliphatic carbocycles. The van der Waals surface area contributed by atoms with E-state index in [-0.39, 0.29) is 9.90 Å². The Kier molecular flexibility index (Phi) is 5.81. The van der Waals surface area contributed by atoms with E-state index in [0.717, 1.165) is 0 Å². The Morgan fingerprint density at radius 3 is 0.952 bits per heavy atom. The van der Waals surface area contributed by atoms with Crippen molar-refractivity contribution in [1.82, 2.24) is 0 Å². The quantitative estimate of drug-likeness (QED) is 0.385. The molecule has 0 saturated heterocycles. The summed E-state index contributed by atoms with van der Waals surface area (Å²) in [5, 5.41) is 0. The molecule has 1 unspecified atom stereocenters. The molecule has 0 nitrogen and oxygen atoms in total. The van der Waals surface area contributed by atoms with Gasteiger partial charge in [0.2, 0.25) is 0 Å². The Bertz CT molecular complexity index is 575. The minimum atomic E-state index is -2.84. The molecule has 0 radical (unpaired) electrons. The van der Waals surface area contributed by atoms with Gasteiger partial charge >= 0.3 is 128 Å². The van der Waals surface area contributed by atoms with Gasteiger partial charge in [0, 0.05) is 0 Å². The van der Waals surface area contributed by atoms with Crippen molar-refractivity contribution in [3.05, 3.63) is 91.0 Å². The standard InChI is InChI=1S/3C6H5.Au.ClH.H3P/c3*1-2-4-6-5-3-1;;;/h3*1-5H;;1H;1H3/q;;;+1;;/p-1. The molecule has 3 aromatic rings. The number of hydrogen-bond donors (Lipinski definition) is 0. The van der Waals surface area contributed by atoms with Crippen molar-refractivity contribution < 1.29 is 16.0 Å². The van der Waals surface area contributed by atoms with Crippen molar-refractivity contribution in [2.24, 2.45) is 0 Å². The van der Waals surface area contributed by atoms with Crippen LogP contribution in [0.25, 0.3) is 0 Å². The van der Waals surface area contributed by atoms with Crippen molar-refractivity contribution in [2.45, 2.75) is 0 Å². The maximum atomic E-state index is 7.29. The molecule has 0 bridgehead atoms. The van der Waals surface area contributed by atoms with Crippen LogP contribution in [0.2, 0.25) is 0 Å². The Balaban J connectivity index is 0.00000161. The predicted octanol–water partition coefficient (Wildman–Crippen LogP) is 3.33. The fourth-order valence-electron chi connectivity index (χ4n) is 1.92.